The van der Waals surface area contributed by atoms with E-state index in [1.54, 1.807) is 12.1 Å². The first-order chi connectivity index (χ1) is 8.55. The van der Waals surface area contributed by atoms with Gasteiger partial charge in [-0.2, -0.15) is 0 Å². The zero-order valence-electron chi connectivity index (χ0n) is 10.4. The van der Waals surface area contributed by atoms with Crippen molar-refractivity contribution in [2.75, 3.05) is 6.61 Å². The van der Waals surface area contributed by atoms with E-state index < -0.39 is 4.92 Å². The molecule has 2 N–H and O–H groups in total. The van der Waals surface area contributed by atoms with E-state index in [4.69, 9.17) is 0 Å². The van der Waals surface area contributed by atoms with Crippen LogP contribution in [0.2, 0.25) is 0 Å². The van der Waals surface area contributed by atoms with Gasteiger partial charge in [-0.05, 0) is 31.2 Å². The van der Waals surface area contributed by atoms with Crippen molar-refractivity contribution in [2.24, 2.45) is 5.92 Å². The van der Waals surface area contributed by atoms with Crippen LogP contribution in [0.25, 0.3) is 0 Å². The Morgan fingerprint density at radius 1 is 1.56 bits per heavy atom. The number of benzene rings is 1. The summed E-state index contributed by atoms with van der Waals surface area (Å²) >= 11 is 0. The highest BCUT2D eigenvalue weighted by atomic mass is 16.6. The molecule has 5 nitrogen and oxygen atoms in total. The number of non-ortho nitro benzene ring substituents is 1. The SMILES string of the molecule is CC(CO)(NCc1cccc([N+](=O)[O-])c1)C1CC1. The molecule has 98 valence electrons. The highest BCUT2D eigenvalue weighted by Gasteiger charge is 2.40. The fraction of sp³-hybridized carbons (Fsp3) is 0.538. The fourth-order valence-corrected chi connectivity index (χ4v) is 2.13. The van der Waals surface area contributed by atoms with Crippen molar-refractivity contribution >= 4 is 5.69 Å². The molecule has 1 unspecified atom stereocenters. The van der Waals surface area contributed by atoms with Gasteiger partial charge in [0.2, 0.25) is 0 Å². The molecular weight excluding hydrogens is 232 g/mol. The zero-order chi connectivity index (χ0) is 13.2. The lowest BCUT2D eigenvalue weighted by Gasteiger charge is -2.29. The summed E-state index contributed by atoms with van der Waals surface area (Å²) in [6, 6.07) is 6.58. The molecule has 1 saturated carbocycles. The standard InChI is InChI=1S/C13H18N2O3/c1-13(9-16,11-5-6-11)14-8-10-3-2-4-12(7-10)15(17)18/h2-4,7,11,14,16H,5-6,8-9H2,1H3. The molecule has 2 rings (SSSR count). The Bertz CT molecular complexity index is 446. The lowest BCUT2D eigenvalue weighted by Crippen LogP contribution is -2.47. The first-order valence-electron chi connectivity index (χ1n) is 6.14. The second kappa shape index (κ2) is 5.04. The number of nitro groups is 1. The van der Waals surface area contributed by atoms with Gasteiger partial charge in [-0.25, -0.2) is 0 Å². The lowest BCUT2D eigenvalue weighted by atomic mass is 9.96. The molecular formula is C13H18N2O3. The minimum atomic E-state index is -0.393. The number of hydrogen-bond donors (Lipinski definition) is 2. The minimum absolute atomic E-state index is 0.0899. The second-order valence-electron chi connectivity index (χ2n) is 5.13. The Hall–Kier alpha value is -1.46. The monoisotopic (exact) mass is 250 g/mol. The molecule has 1 aromatic rings. The topological polar surface area (TPSA) is 75.4 Å². The third kappa shape index (κ3) is 2.86. The average Bonchev–Trinajstić information content (AvgIpc) is 3.21. The van der Waals surface area contributed by atoms with Gasteiger partial charge in [0, 0.05) is 24.2 Å². The van der Waals surface area contributed by atoms with E-state index in [9.17, 15) is 15.2 Å². The molecule has 0 heterocycles. The van der Waals surface area contributed by atoms with E-state index >= 15 is 0 Å². The Morgan fingerprint density at radius 3 is 2.83 bits per heavy atom. The molecule has 0 spiro atoms. The van der Waals surface area contributed by atoms with Crippen LogP contribution in [-0.4, -0.2) is 22.2 Å². The average molecular weight is 250 g/mol. The highest BCUT2D eigenvalue weighted by Crippen LogP contribution is 2.39. The molecule has 1 fully saturated rings. The molecule has 0 aliphatic heterocycles. The van der Waals surface area contributed by atoms with E-state index in [0.717, 1.165) is 18.4 Å². The largest absolute Gasteiger partial charge is 0.394 e. The number of nitro benzene ring substituents is 1. The minimum Gasteiger partial charge on any atom is -0.394 e. The van der Waals surface area contributed by atoms with Gasteiger partial charge in [-0.15, -0.1) is 0 Å². The van der Waals surface area contributed by atoms with Crippen molar-refractivity contribution in [2.45, 2.75) is 31.8 Å². The van der Waals surface area contributed by atoms with Crippen molar-refractivity contribution in [1.82, 2.24) is 5.32 Å². The van der Waals surface area contributed by atoms with E-state index in [2.05, 4.69) is 5.32 Å². The van der Waals surface area contributed by atoms with Crippen LogP contribution in [0.5, 0.6) is 0 Å². The fourth-order valence-electron chi connectivity index (χ4n) is 2.13. The van der Waals surface area contributed by atoms with Gasteiger partial charge in [0.15, 0.2) is 0 Å². The summed E-state index contributed by atoms with van der Waals surface area (Å²) in [5.41, 5.74) is 0.695. The van der Waals surface area contributed by atoms with Gasteiger partial charge in [-0.1, -0.05) is 12.1 Å². The van der Waals surface area contributed by atoms with E-state index in [1.165, 1.54) is 6.07 Å². The Labute approximate surface area is 106 Å². The van der Waals surface area contributed by atoms with E-state index in [1.807, 2.05) is 13.0 Å². The molecule has 0 radical (unpaired) electrons. The van der Waals surface area contributed by atoms with Crippen LogP contribution in [0.15, 0.2) is 24.3 Å². The number of aliphatic hydroxyl groups excluding tert-OH is 1. The van der Waals surface area contributed by atoms with Crippen LogP contribution in [0.4, 0.5) is 5.69 Å². The van der Waals surface area contributed by atoms with Crippen molar-refractivity contribution in [1.29, 1.82) is 0 Å². The summed E-state index contributed by atoms with van der Waals surface area (Å²) in [6.45, 7) is 2.63. The Kier molecular flexibility index (Phi) is 3.63. The Morgan fingerprint density at radius 2 is 2.28 bits per heavy atom. The zero-order valence-corrected chi connectivity index (χ0v) is 10.4. The first kappa shape index (κ1) is 13.0. The second-order valence-corrected chi connectivity index (χ2v) is 5.13. The van der Waals surface area contributed by atoms with Crippen LogP contribution in [0.3, 0.4) is 0 Å². The van der Waals surface area contributed by atoms with Gasteiger partial charge in [0.25, 0.3) is 5.69 Å². The molecule has 0 saturated heterocycles. The molecule has 1 aliphatic carbocycles. The molecule has 1 aliphatic rings. The van der Waals surface area contributed by atoms with Gasteiger partial charge >= 0.3 is 0 Å². The van der Waals surface area contributed by atoms with Crippen LogP contribution in [0, 0.1) is 16.0 Å². The molecule has 1 atom stereocenters. The quantitative estimate of drug-likeness (QED) is 0.596. The first-order valence-corrected chi connectivity index (χ1v) is 6.14. The number of aliphatic hydroxyl groups is 1. The number of nitrogens with zero attached hydrogens (tertiary/aromatic N) is 1. The third-order valence-electron chi connectivity index (χ3n) is 3.62. The molecule has 0 amide bonds. The number of hydrogen-bond acceptors (Lipinski definition) is 4. The summed E-state index contributed by atoms with van der Waals surface area (Å²) in [7, 11) is 0. The van der Waals surface area contributed by atoms with E-state index in [-0.39, 0.29) is 17.8 Å². The van der Waals surface area contributed by atoms with E-state index in [0.29, 0.717) is 12.5 Å². The normalized spacial score (nSPS) is 18.3. The summed E-state index contributed by atoms with van der Waals surface area (Å²) in [6.07, 6.45) is 2.28. The molecule has 1 aromatic carbocycles. The number of rotatable bonds is 6. The lowest BCUT2D eigenvalue weighted by molar-refractivity contribution is -0.384. The summed E-state index contributed by atoms with van der Waals surface area (Å²) in [4.78, 5) is 10.3. The predicted molar refractivity (Wildman–Crippen MR) is 68.2 cm³/mol. The molecule has 18 heavy (non-hydrogen) atoms. The highest BCUT2D eigenvalue weighted by molar-refractivity contribution is 5.34. The van der Waals surface area contributed by atoms with Crippen LogP contribution >= 0.6 is 0 Å². The van der Waals surface area contributed by atoms with Gasteiger partial charge < -0.3 is 10.4 Å². The number of nitrogens with one attached hydrogen (secondary N) is 1. The smallest absolute Gasteiger partial charge is 0.269 e. The maximum atomic E-state index is 10.7. The molecule has 5 heteroatoms. The van der Waals surface area contributed by atoms with Gasteiger partial charge in [-0.3, -0.25) is 10.1 Å². The molecule has 0 aromatic heterocycles. The van der Waals surface area contributed by atoms with Crippen molar-refractivity contribution < 1.29 is 10.0 Å². The van der Waals surface area contributed by atoms with Crippen molar-refractivity contribution in [3.05, 3.63) is 39.9 Å². The summed E-state index contributed by atoms with van der Waals surface area (Å²) in [5.74, 6) is 0.515. The van der Waals surface area contributed by atoms with Crippen LogP contribution in [0.1, 0.15) is 25.3 Å². The van der Waals surface area contributed by atoms with Gasteiger partial charge in [0.05, 0.1) is 11.5 Å². The van der Waals surface area contributed by atoms with Crippen molar-refractivity contribution in [3.63, 3.8) is 0 Å². The van der Waals surface area contributed by atoms with Crippen LogP contribution < -0.4 is 5.32 Å². The third-order valence-corrected chi connectivity index (χ3v) is 3.62. The van der Waals surface area contributed by atoms with Crippen molar-refractivity contribution in [3.8, 4) is 0 Å². The van der Waals surface area contributed by atoms with Gasteiger partial charge in [0.1, 0.15) is 0 Å². The molecule has 0 bridgehead atoms. The maximum absolute atomic E-state index is 10.7. The summed E-state index contributed by atoms with van der Waals surface area (Å²) < 4.78 is 0. The Balaban J connectivity index is 2.01. The summed E-state index contributed by atoms with van der Waals surface area (Å²) in [5, 5.41) is 23.4. The predicted octanol–water partition coefficient (Wildman–Crippen LogP) is 1.85. The van der Waals surface area contributed by atoms with Crippen LogP contribution in [-0.2, 0) is 6.54 Å². The maximum Gasteiger partial charge on any atom is 0.269 e.